The lowest BCUT2D eigenvalue weighted by Gasteiger charge is -2.40. The van der Waals surface area contributed by atoms with E-state index in [1.165, 1.54) is 6.07 Å². The van der Waals surface area contributed by atoms with E-state index in [-0.39, 0.29) is 22.5 Å². The lowest BCUT2D eigenvalue weighted by Crippen LogP contribution is -2.52. The van der Waals surface area contributed by atoms with Crippen LogP contribution in [0.3, 0.4) is 0 Å². The molecule has 0 aliphatic carbocycles. The average Bonchev–Trinajstić information content (AvgIpc) is 3.72. The number of aromatic nitrogens is 2. The first-order valence-corrected chi connectivity index (χ1v) is 15.6. The number of benzene rings is 4. The van der Waals surface area contributed by atoms with E-state index in [4.69, 9.17) is 32.9 Å². The van der Waals surface area contributed by atoms with Gasteiger partial charge < -0.3 is 19.7 Å². The molecule has 1 fully saturated rings. The van der Waals surface area contributed by atoms with Crippen LogP contribution in [0.15, 0.2) is 78.9 Å². The molecule has 4 heterocycles. The second-order valence-electron chi connectivity index (χ2n) is 12.1. The number of fused-ring (bicyclic) bond motifs is 7. The van der Waals surface area contributed by atoms with Crippen molar-refractivity contribution < 1.29 is 23.8 Å². The molecule has 46 heavy (non-hydrogen) atoms. The molecule has 0 unspecified atom stereocenters. The summed E-state index contributed by atoms with van der Waals surface area (Å²) in [7, 11) is 1.64. The van der Waals surface area contributed by atoms with E-state index in [1.807, 2.05) is 24.3 Å². The monoisotopic (exact) mass is 656 g/mol. The molecule has 232 valence electrons. The number of carbonyl (C=O) groups excluding carboxylic acids is 1. The Morgan fingerprint density at radius 1 is 1.09 bits per heavy atom. The number of nitrogens with zero attached hydrogens (tertiary/aromatic N) is 3. The maximum atomic E-state index is 16.3. The van der Waals surface area contributed by atoms with Gasteiger partial charge in [-0.3, -0.25) is 9.69 Å². The quantitative estimate of drug-likeness (QED) is 0.206. The smallest absolute Gasteiger partial charge is 0.335 e. The van der Waals surface area contributed by atoms with Gasteiger partial charge in [0, 0.05) is 54.4 Å². The summed E-state index contributed by atoms with van der Waals surface area (Å²) < 4.78 is 23.8. The van der Waals surface area contributed by atoms with Crippen LogP contribution in [-0.2, 0) is 34.8 Å². The van der Waals surface area contributed by atoms with Crippen LogP contribution < -0.4 is 5.32 Å². The molecule has 5 aromatic rings. The summed E-state index contributed by atoms with van der Waals surface area (Å²) in [5, 5.41) is 13.1. The lowest BCUT2D eigenvalue weighted by atomic mass is 9.71. The van der Waals surface area contributed by atoms with Gasteiger partial charge in [0.1, 0.15) is 17.2 Å². The van der Waals surface area contributed by atoms with Gasteiger partial charge in [-0.05, 0) is 53.1 Å². The summed E-state index contributed by atoms with van der Waals surface area (Å²) in [6.07, 6.45) is 0. The Bertz CT molecular complexity index is 2100. The van der Waals surface area contributed by atoms with Gasteiger partial charge in [-0.15, -0.1) is 0 Å². The van der Waals surface area contributed by atoms with E-state index in [1.54, 1.807) is 49.6 Å². The summed E-state index contributed by atoms with van der Waals surface area (Å²) in [6.45, 7) is 1.26. The third kappa shape index (κ3) is 4.09. The Labute approximate surface area is 273 Å². The summed E-state index contributed by atoms with van der Waals surface area (Å²) >= 11 is 12.8. The van der Waals surface area contributed by atoms with Crippen molar-refractivity contribution in [2.24, 2.45) is 0 Å². The van der Waals surface area contributed by atoms with Gasteiger partial charge in [0.15, 0.2) is 0 Å². The summed E-state index contributed by atoms with van der Waals surface area (Å²) in [5.74, 6) is -2.47. The molecule has 8 rings (SSSR count). The Kier molecular flexibility index (Phi) is 6.74. The topological polar surface area (TPSA) is 96.7 Å². The number of anilines is 1. The second-order valence-corrected chi connectivity index (χ2v) is 12.9. The molecule has 1 aromatic heterocycles. The first-order valence-electron chi connectivity index (χ1n) is 14.8. The molecule has 3 aliphatic heterocycles. The number of halogens is 3. The molecule has 4 atom stereocenters. The molecule has 1 amide bonds. The summed E-state index contributed by atoms with van der Waals surface area (Å²) in [6, 6.07) is 22.8. The van der Waals surface area contributed by atoms with Gasteiger partial charge in [0.05, 0.1) is 28.2 Å². The van der Waals surface area contributed by atoms with Crippen molar-refractivity contribution in [3.63, 3.8) is 0 Å². The zero-order valence-electron chi connectivity index (χ0n) is 24.5. The van der Waals surface area contributed by atoms with E-state index < -0.39 is 29.2 Å². The number of nitrogens with one attached hydrogen (secondary N) is 1. The number of hydrogen-bond donors (Lipinski definition) is 2. The Hall–Kier alpha value is -4.28. The average molecular weight is 658 g/mol. The van der Waals surface area contributed by atoms with Gasteiger partial charge >= 0.3 is 5.97 Å². The second kappa shape index (κ2) is 10.6. The van der Waals surface area contributed by atoms with Crippen molar-refractivity contribution >= 4 is 51.8 Å². The van der Waals surface area contributed by atoms with Crippen molar-refractivity contribution in [1.82, 2.24) is 14.5 Å². The molecule has 0 radical (unpaired) electrons. The van der Waals surface area contributed by atoms with Crippen molar-refractivity contribution in [3.8, 4) is 0 Å². The highest BCUT2D eigenvalue weighted by Gasteiger charge is 2.69. The van der Waals surface area contributed by atoms with Crippen LogP contribution in [0.25, 0.3) is 11.0 Å². The van der Waals surface area contributed by atoms with Crippen molar-refractivity contribution in [1.29, 1.82) is 0 Å². The number of aromatic carboxylic acids is 1. The number of imidazole rings is 1. The highest BCUT2D eigenvalue weighted by atomic mass is 35.5. The van der Waals surface area contributed by atoms with Crippen LogP contribution in [-0.4, -0.2) is 44.6 Å². The predicted octanol–water partition coefficient (Wildman–Crippen LogP) is 6.94. The van der Waals surface area contributed by atoms with Crippen LogP contribution in [0.4, 0.5) is 10.1 Å². The van der Waals surface area contributed by atoms with Crippen LogP contribution in [0.2, 0.25) is 10.0 Å². The number of carboxylic acid groups (broad SMARTS) is 1. The maximum absolute atomic E-state index is 16.3. The van der Waals surface area contributed by atoms with Crippen molar-refractivity contribution in [2.45, 2.75) is 43.1 Å². The number of likely N-dealkylation sites (tertiary alicyclic amines) is 1. The maximum Gasteiger partial charge on any atom is 0.335 e. The molecule has 4 aromatic carbocycles. The number of carbonyl (C=O) groups is 2. The predicted molar refractivity (Wildman–Crippen MR) is 172 cm³/mol. The number of ether oxygens (including phenoxy) is 1. The summed E-state index contributed by atoms with van der Waals surface area (Å²) in [5.41, 5.74) is 3.61. The van der Waals surface area contributed by atoms with Gasteiger partial charge in [0.25, 0.3) is 0 Å². The molecule has 1 spiro atoms. The van der Waals surface area contributed by atoms with Gasteiger partial charge in [-0.1, -0.05) is 65.7 Å². The Balaban J connectivity index is 1.40. The molecule has 1 saturated heterocycles. The van der Waals surface area contributed by atoms with Crippen LogP contribution >= 0.6 is 23.2 Å². The van der Waals surface area contributed by atoms with E-state index in [9.17, 15) is 14.7 Å². The highest BCUT2D eigenvalue weighted by Crippen LogP contribution is 2.64. The molecule has 8 nitrogen and oxygen atoms in total. The fraction of sp³-hybridized carbons (Fsp3) is 0.229. The minimum atomic E-state index is -1.35. The van der Waals surface area contributed by atoms with E-state index in [0.29, 0.717) is 52.9 Å². The zero-order chi connectivity index (χ0) is 31.9. The number of amides is 1. The molecule has 0 saturated carbocycles. The molecular formula is C35H27Cl2FN4O4. The normalized spacial score (nSPS) is 23.1. The molecular weight excluding hydrogens is 630 g/mol. The lowest BCUT2D eigenvalue weighted by molar-refractivity contribution is -0.128. The van der Waals surface area contributed by atoms with Crippen LogP contribution in [0, 0.1) is 5.82 Å². The van der Waals surface area contributed by atoms with Gasteiger partial charge in [-0.2, -0.15) is 0 Å². The van der Waals surface area contributed by atoms with Gasteiger partial charge in [-0.25, -0.2) is 14.2 Å². The molecule has 11 heteroatoms. The van der Waals surface area contributed by atoms with Crippen LogP contribution in [0.5, 0.6) is 0 Å². The van der Waals surface area contributed by atoms with E-state index >= 15 is 4.39 Å². The standard InChI is InChI=1S/C35H27Cl2FN4O4/c1-46-17-19-5-2-4-18(12-19)15-42-28-16-41-27-11-8-20(33(43)44)13-26(27)39-32(41)29(28)30(22-6-3-7-24(37)31(22)38)35(42)23-10-9-21(36)14-25(23)40-34(35)45/h2-14,28-30H,15-17H2,1H3,(H,40,45)(H,43,44)/t28-,29+,30-,35+/m0/s1. The van der Waals surface area contributed by atoms with Crippen LogP contribution in [0.1, 0.15) is 50.3 Å². The number of carboxylic acids is 1. The zero-order valence-corrected chi connectivity index (χ0v) is 26.0. The van der Waals surface area contributed by atoms with E-state index in [2.05, 4.69) is 20.9 Å². The SMILES string of the molecule is COCc1cccc(CN2[C@H]3Cn4c(nc5cc(C(=O)O)ccc54)[C@H]3[C@H](c3cccc(Cl)c3F)[C@]23C(=O)Nc2cc(Cl)ccc23)c1. The van der Waals surface area contributed by atoms with E-state index in [0.717, 1.165) is 16.6 Å². The number of rotatable bonds is 6. The van der Waals surface area contributed by atoms with Gasteiger partial charge in [0.2, 0.25) is 5.91 Å². The third-order valence-electron chi connectivity index (χ3n) is 9.73. The largest absolute Gasteiger partial charge is 0.478 e. The van der Waals surface area contributed by atoms with Crippen molar-refractivity contribution in [3.05, 3.63) is 128 Å². The first-order chi connectivity index (χ1) is 22.2. The fourth-order valence-corrected chi connectivity index (χ4v) is 8.41. The first kappa shape index (κ1) is 29.1. The molecule has 2 N–H and O–H groups in total. The third-order valence-corrected chi connectivity index (χ3v) is 10.3. The fourth-order valence-electron chi connectivity index (χ4n) is 8.05. The summed E-state index contributed by atoms with van der Waals surface area (Å²) in [4.78, 5) is 33.6. The molecule has 3 aliphatic rings. The molecule has 0 bridgehead atoms. The Morgan fingerprint density at radius 3 is 2.70 bits per heavy atom. The number of methoxy groups -OCH3 is 1. The Morgan fingerprint density at radius 2 is 1.89 bits per heavy atom. The number of hydrogen-bond acceptors (Lipinski definition) is 5. The minimum Gasteiger partial charge on any atom is -0.478 e. The van der Waals surface area contributed by atoms with Crippen molar-refractivity contribution in [2.75, 3.05) is 12.4 Å². The minimum absolute atomic E-state index is 0.0396. The highest BCUT2D eigenvalue weighted by molar-refractivity contribution is 6.31.